The minimum atomic E-state index is 0.621. The Hall–Kier alpha value is -1.68. The SMILES string of the molecule is Brc1ccc2oc(-c3ccncc3)nc2c1. The zero-order valence-corrected chi connectivity index (χ0v) is 9.81. The Morgan fingerprint density at radius 1 is 1.06 bits per heavy atom. The average Bonchev–Trinajstić information content (AvgIpc) is 2.73. The first-order chi connectivity index (χ1) is 7.83. The van der Waals surface area contributed by atoms with Gasteiger partial charge >= 0.3 is 0 Å². The molecule has 16 heavy (non-hydrogen) atoms. The molecule has 78 valence electrons. The zero-order chi connectivity index (χ0) is 11.0. The van der Waals surface area contributed by atoms with Crippen molar-refractivity contribution in [3.8, 4) is 11.5 Å². The van der Waals surface area contributed by atoms with E-state index in [1.165, 1.54) is 0 Å². The van der Waals surface area contributed by atoms with Crippen LogP contribution in [0.4, 0.5) is 0 Å². The van der Waals surface area contributed by atoms with Crippen molar-refractivity contribution < 1.29 is 4.42 Å². The summed E-state index contributed by atoms with van der Waals surface area (Å²) in [5, 5.41) is 0. The van der Waals surface area contributed by atoms with E-state index in [2.05, 4.69) is 25.9 Å². The molecule has 0 spiro atoms. The fraction of sp³-hybridized carbons (Fsp3) is 0. The molecule has 2 heterocycles. The number of aromatic nitrogens is 2. The summed E-state index contributed by atoms with van der Waals surface area (Å²) in [7, 11) is 0. The molecule has 0 fully saturated rings. The fourth-order valence-corrected chi connectivity index (χ4v) is 1.87. The lowest BCUT2D eigenvalue weighted by atomic mass is 10.3. The van der Waals surface area contributed by atoms with Gasteiger partial charge in [0.25, 0.3) is 0 Å². The summed E-state index contributed by atoms with van der Waals surface area (Å²) in [5.41, 5.74) is 2.57. The summed E-state index contributed by atoms with van der Waals surface area (Å²) < 4.78 is 6.64. The molecule has 1 aromatic carbocycles. The summed E-state index contributed by atoms with van der Waals surface area (Å²) >= 11 is 3.41. The van der Waals surface area contributed by atoms with Gasteiger partial charge in [0.05, 0.1) is 0 Å². The lowest BCUT2D eigenvalue weighted by Crippen LogP contribution is -1.76. The Morgan fingerprint density at radius 3 is 2.69 bits per heavy atom. The number of hydrogen-bond acceptors (Lipinski definition) is 3. The first-order valence-corrected chi connectivity index (χ1v) is 5.59. The highest BCUT2D eigenvalue weighted by Crippen LogP contribution is 2.25. The molecule has 0 unspecified atom stereocenters. The van der Waals surface area contributed by atoms with Gasteiger partial charge in [0, 0.05) is 22.4 Å². The molecule has 0 aliphatic heterocycles. The van der Waals surface area contributed by atoms with E-state index in [1.807, 2.05) is 30.3 Å². The van der Waals surface area contributed by atoms with Crippen molar-refractivity contribution in [1.29, 1.82) is 0 Å². The second kappa shape index (κ2) is 3.72. The van der Waals surface area contributed by atoms with Crippen LogP contribution in [0.5, 0.6) is 0 Å². The van der Waals surface area contributed by atoms with E-state index in [4.69, 9.17) is 4.42 Å². The smallest absolute Gasteiger partial charge is 0.227 e. The molecule has 0 saturated heterocycles. The van der Waals surface area contributed by atoms with Gasteiger partial charge in [0.1, 0.15) is 5.52 Å². The second-order valence-corrected chi connectivity index (χ2v) is 4.28. The maximum atomic E-state index is 5.65. The number of pyridine rings is 1. The molecule has 0 bridgehead atoms. The molecule has 2 aromatic heterocycles. The largest absolute Gasteiger partial charge is 0.436 e. The number of rotatable bonds is 1. The molecule has 0 radical (unpaired) electrons. The Kier molecular flexibility index (Phi) is 2.22. The molecule has 3 rings (SSSR count). The second-order valence-electron chi connectivity index (χ2n) is 3.37. The molecule has 0 amide bonds. The number of nitrogens with zero attached hydrogens (tertiary/aromatic N) is 2. The van der Waals surface area contributed by atoms with Gasteiger partial charge in [0.2, 0.25) is 5.89 Å². The molecule has 0 aliphatic carbocycles. The van der Waals surface area contributed by atoms with E-state index < -0.39 is 0 Å². The normalized spacial score (nSPS) is 10.8. The number of fused-ring (bicyclic) bond motifs is 1. The van der Waals surface area contributed by atoms with E-state index >= 15 is 0 Å². The number of halogens is 1. The Labute approximate surface area is 100 Å². The highest BCUT2D eigenvalue weighted by Gasteiger charge is 2.07. The van der Waals surface area contributed by atoms with Crippen molar-refractivity contribution in [3.05, 3.63) is 47.2 Å². The summed E-state index contributed by atoms with van der Waals surface area (Å²) in [6, 6.07) is 9.52. The van der Waals surface area contributed by atoms with Crippen molar-refractivity contribution in [2.45, 2.75) is 0 Å². The van der Waals surface area contributed by atoms with E-state index in [-0.39, 0.29) is 0 Å². The zero-order valence-electron chi connectivity index (χ0n) is 8.22. The first-order valence-electron chi connectivity index (χ1n) is 4.79. The number of oxazole rings is 1. The molecule has 0 atom stereocenters. The molecule has 0 aliphatic rings. The molecule has 0 N–H and O–H groups in total. The molecule has 4 heteroatoms. The summed E-state index contributed by atoms with van der Waals surface area (Å²) in [4.78, 5) is 8.38. The predicted molar refractivity (Wildman–Crippen MR) is 64.9 cm³/mol. The Bertz CT molecular complexity index is 634. The van der Waals surface area contributed by atoms with Gasteiger partial charge in [-0.15, -0.1) is 0 Å². The summed E-state index contributed by atoms with van der Waals surface area (Å²) in [6.45, 7) is 0. The summed E-state index contributed by atoms with van der Waals surface area (Å²) in [6.07, 6.45) is 3.44. The Morgan fingerprint density at radius 2 is 1.88 bits per heavy atom. The molecular formula is C12H7BrN2O. The third kappa shape index (κ3) is 1.61. The van der Waals surface area contributed by atoms with E-state index in [0.29, 0.717) is 5.89 Å². The van der Waals surface area contributed by atoms with Gasteiger partial charge in [-0.1, -0.05) is 15.9 Å². The van der Waals surface area contributed by atoms with Crippen molar-refractivity contribution >= 4 is 27.0 Å². The standard InChI is InChI=1S/C12H7BrN2O/c13-9-1-2-11-10(7-9)15-12(16-11)8-3-5-14-6-4-8/h1-7H. The van der Waals surface area contributed by atoms with Gasteiger partial charge < -0.3 is 4.42 Å². The van der Waals surface area contributed by atoms with Crippen molar-refractivity contribution in [2.24, 2.45) is 0 Å². The van der Waals surface area contributed by atoms with Gasteiger partial charge in [0.15, 0.2) is 5.58 Å². The van der Waals surface area contributed by atoms with Gasteiger partial charge in [-0.2, -0.15) is 0 Å². The quantitative estimate of drug-likeness (QED) is 0.680. The van der Waals surface area contributed by atoms with Crippen LogP contribution in [0.15, 0.2) is 51.6 Å². The van der Waals surface area contributed by atoms with Crippen LogP contribution in [0.2, 0.25) is 0 Å². The maximum absolute atomic E-state index is 5.65. The first kappa shape index (κ1) is 9.54. The van der Waals surface area contributed by atoms with Crippen molar-refractivity contribution in [3.63, 3.8) is 0 Å². The minimum Gasteiger partial charge on any atom is -0.436 e. The fourth-order valence-electron chi connectivity index (χ4n) is 1.52. The van der Waals surface area contributed by atoms with Crippen LogP contribution in [-0.4, -0.2) is 9.97 Å². The lowest BCUT2D eigenvalue weighted by molar-refractivity contribution is 0.619. The highest BCUT2D eigenvalue weighted by atomic mass is 79.9. The third-order valence-electron chi connectivity index (χ3n) is 2.28. The van der Waals surface area contributed by atoms with Crippen molar-refractivity contribution in [2.75, 3.05) is 0 Å². The van der Waals surface area contributed by atoms with Crippen LogP contribution >= 0.6 is 15.9 Å². The number of hydrogen-bond donors (Lipinski definition) is 0. The van der Waals surface area contributed by atoms with E-state index in [9.17, 15) is 0 Å². The predicted octanol–water partition coefficient (Wildman–Crippen LogP) is 3.65. The van der Waals surface area contributed by atoms with Crippen molar-refractivity contribution in [1.82, 2.24) is 9.97 Å². The highest BCUT2D eigenvalue weighted by molar-refractivity contribution is 9.10. The Balaban J connectivity index is 2.19. The van der Waals surface area contributed by atoms with Crippen LogP contribution in [0.25, 0.3) is 22.6 Å². The lowest BCUT2D eigenvalue weighted by Gasteiger charge is -1.91. The molecular weight excluding hydrogens is 268 g/mol. The third-order valence-corrected chi connectivity index (χ3v) is 2.77. The monoisotopic (exact) mass is 274 g/mol. The van der Waals surface area contributed by atoms with Crippen LogP contribution in [0.3, 0.4) is 0 Å². The molecule has 3 aromatic rings. The summed E-state index contributed by atoms with van der Waals surface area (Å²) in [5.74, 6) is 0.621. The maximum Gasteiger partial charge on any atom is 0.227 e. The molecule has 3 nitrogen and oxygen atoms in total. The molecule has 0 saturated carbocycles. The topological polar surface area (TPSA) is 38.9 Å². The van der Waals surface area contributed by atoms with Crippen LogP contribution in [0.1, 0.15) is 0 Å². The van der Waals surface area contributed by atoms with Gasteiger partial charge in [-0.05, 0) is 30.3 Å². The number of benzene rings is 1. The van der Waals surface area contributed by atoms with Crippen LogP contribution < -0.4 is 0 Å². The van der Waals surface area contributed by atoms with Crippen LogP contribution in [-0.2, 0) is 0 Å². The van der Waals surface area contributed by atoms with Gasteiger partial charge in [-0.3, -0.25) is 4.98 Å². The average molecular weight is 275 g/mol. The van der Waals surface area contributed by atoms with Crippen LogP contribution in [0, 0.1) is 0 Å². The van der Waals surface area contributed by atoms with E-state index in [1.54, 1.807) is 12.4 Å². The van der Waals surface area contributed by atoms with Gasteiger partial charge in [-0.25, -0.2) is 4.98 Å². The minimum absolute atomic E-state index is 0.621. The van der Waals surface area contributed by atoms with E-state index in [0.717, 1.165) is 21.1 Å².